The van der Waals surface area contributed by atoms with Gasteiger partial charge in [0, 0.05) is 25.7 Å². The Hall–Kier alpha value is -0.170. The molecule has 6 heteroatoms. The summed E-state index contributed by atoms with van der Waals surface area (Å²) in [5.41, 5.74) is 0. The van der Waals surface area contributed by atoms with Gasteiger partial charge in [-0.2, -0.15) is 17.0 Å². The molecule has 1 N–H and O–H groups in total. The van der Waals surface area contributed by atoms with E-state index < -0.39 is 10.2 Å². The van der Waals surface area contributed by atoms with Crippen molar-refractivity contribution in [2.75, 3.05) is 20.2 Å². The van der Waals surface area contributed by atoms with Crippen molar-refractivity contribution < 1.29 is 13.5 Å². The first-order chi connectivity index (χ1) is 7.91. The van der Waals surface area contributed by atoms with Gasteiger partial charge in [0.05, 0.1) is 6.61 Å². The molecule has 0 aromatic carbocycles. The minimum Gasteiger partial charge on any atom is -0.395 e. The number of aliphatic hydroxyl groups excluding tert-OH is 1. The molecule has 0 aromatic rings. The monoisotopic (exact) mass is 264 g/mol. The second-order valence-corrected chi connectivity index (χ2v) is 6.85. The molecule has 1 saturated heterocycles. The van der Waals surface area contributed by atoms with Crippen molar-refractivity contribution in [3.63, 3.8) is 0 Å². The smallest absolute Gasteiger partial charge is 0.282 e. The summed E-state index contributed by atoms with van der Waals surface area (Å²) in [5.74, 6) is 0. The first kappa shape index (κ1) is 14.9. The third-order valence-corrected chi connectivity index (χ3v) is 5.64. The van der Waals surface area contributed by atoms with Crippen LogP contribution in [0.15, 0.2) is 0 Å². The van der Waals surface area contributed by atoms with E-state index in [1.54, 1.807) is 7.05 Å². The molecule has 0 amide bonds. The van der Waals surface area contributed by atoms with Crippen LogP contribution < -0.4 is 0 Å². The van der Waals surface area contributed by atoms with E-state index in [2.05, 4.69) is 0 Å². The molecule has 1 unspecified atom stereocenters. The maximum Gasteiger partial charge on any atom is 0.282 e. The Kier molecular flexibility index (Phi) is 5.37. The summed E-state index contributed by atoms with van der Waals surface area (Å²) in [6, 6.07) is -0.328. The van der Waals surface area contributed by atoms with Crippen molar-refractivity contribution in [1.82, 2.24) is 8.61 Å². The van der Waals surface area contributed by atoms with E-state index in [-0.39, 0.29) is 18.7 Å². The van der Waals surface area contributed by atoms with Crippen molar-refractivity contribution in [1.29, 1.82) is 0 Å². The molecule has 1 heterocycles. The van der Waals surface area contributed by atoms with E-state index in [0.29, 0.717) is 6.54 Å². The number of hydrogen-bond donors (Lipinski definition) is 1. The second kappa shape index (κ2) is 6.13. The van der Waals surface area contributed by atoms with E-state index in [0.717, 1.165) is 25.7 Å². The van der Waals surface area contributed by atoms with Gasteiger partial charge in [-0.15, -0.1) is 0 Å². The van der Waals surface area contributed by atoms with Crippen LogP contribution in [0.25, 0.3) is 0 Å². The molecule has 0 radical (unpaired) electrons. The fraction of sp³-hybridized carbons (Fsp3) is 1.00. The van der Waals surface area contributed by atoms with Gasteiger partial charge in [0.15, 0.2) is 0 Å². The molecule has 1 aliphatic rings. The lowest BCUT2D eigenvalue weighted by Crippen LogP contribution is -2.50. The molecule has 1 aliphatic heterocycles. The molecule has 1 atom stereocenters. The van der Waals surface area contributed by atoms with Gasteiger partial charge >= 0.3 is 0 Å². The van der Waals surface area contributed by atoms with Crippen LogP contribution in [-0.2, 0) is 10.2 Å². The first-order valence-electron chi connectivity index (χ1n) is 6.27. The van der Waals surface area contributed by atoms with Gasteiger partial charge in [0.2, 0.25) is 0 Å². The quantitative estimate of drug-likeness (QED) is 0.817. The zero-order chi connectivity index (χ0) is 13.1. The van der Waals surface area contributed by atoms with Crippen LogP contribution >= 0.6 is 0 Å². The maximum absolute atomic E-state index is 12.4. The average molecular weight is 264 g/mol. The standard InChI is InChI=1S/C11H24N2O3S/c1-10(2)12(3)17(15,16)13-8-6-4-5-7-11(13)9-14/h10-11,14H,4-9H2,1-3H3. The largest absolute Gasteiger partial charge is 0.395 e. The van der Waals surface area contributed by atoms with Gasteiger partial charge in [0.25, 0.3) is 10.2 Å². The zero-order valence-electron chi connectivity index (χ0n) is 11.0. The zero-order valence-corrected chi connectivity index (χ0v) is 11.8. The molecule has 102 valence electrons. The Bertz CT molecular complexity index is 330. The summed E-state index contributed by atoms with van der Waals surface area (Å²) in [4.78, 5) is 0. The number of nitrogens with zero attached hydrogens (tertiary/aromatic N) is 2. The van der Waals surface area contributed by atoms with Crippen molar-refractivity contribution >= 4 is 10.2 Å². The van der Waals surface area contributed by atoms with Crippen molar-refractivity contribution in [3.05, 3.63) is 0 Å². The molecule has 0 aromatic heterocycles. The van der Waals surface area contributed by atoms with Crippen molar-refractivity contribution in [3.8, 4) is 0 Å². The van der Waals surface area contributed by atoms with Crippen LogP contribution in [0.5, 0.6) is 0 Å². The minimum atomic E-state index is -3.44. The molecule has 17 heavy (non-hydrogen) atoms. The maximum atomic E-state index is 12.4. The minimum absolute atomic E-state index is 0.0670. The molecule has 5 nitrogen and oxygen atoms in total. The summed E-state index contributed by atoms with van der Waals surface area (Å²) in [6.07, 6.45) is 3.65. The van der Waals surface area contributed by atoms with Gasteiger partial charge in [0.1, 0.15) is 0 Å². The molecule has 0 saturated carbocycles. The number of rotatable bonds is 4. The van der Waals surface area contributed by atoms with Gasteiger partial charge in [-0.25, -0.2) is 0 Å². The summed E-state index contributed by atoms with van der Waals surface area (Å²) in [7, 11) is -1.84. The topological polar surface area (TPSA) is 60.9 Å². The summed E-state index contributed by atoms with van der Waals surface area (Å²) < 4.78 is 27.6. The fourth-order valence-corrected chi connectivity index (χ4v) is 3.84. The molecular formula is C11H24N2O3S. The normalized spacial score (nSPS) is 24.2. The third-order valence-electron chi connectivity index (χ3n) is 3.42. The summed E-state index contributed by atoms with van der Waals surface area (Å²) in [6.45, 7) is 4.13. The number of aliphatic hydroxyl groups is 1. The molecule has 1 fully saturated rings. The molecule has 0 spiro atoms. The highest BCUT2D eigenvalue weighted by molar-refractivity contribution is 7.86. The highest BCUT2D eigenvalue weighted by Crippen LogP contribution is 2.22. The highest BCUT2D eigenvalue weighted by Gasteiger charge is 2.34. The lowest BCUT2D eigenvalue weighted by Gasteiger charge is -2.33. The molecule has 1 rings (SSSR count). The van der Waals surface area contributed by atoms with Gasteiger partial charge in [-0.1, -0.05) is 12.8 Å². The Morgan fingerprint density at radius 3 is 2.53 bits per heavy atom. The Labute approximate surface area is 105 Å². The first-order valence-corrected chi connectivity index (χ1v) is 7.66. The molecular weight excluding hydrogens is 240 g/mol. The Morgan fingerprint density at radius 2 is 2.00 bits per heavy atom. The van der Waals surface area contributed by atoms with E-state index in [9.17, 15) is 13.5 Å². The van der Waals surface area contributed by atoms with Gasteiger partial charge in [-0.3, -0.25) is 0 Å². The van der Waals surface area contributed by atoms with Crippen molar-refractivity contribution in [2.45, 2.75) is 51.6 Å². The Balaban J connectivity index is 2.93. The summed E-state index contributed by atoms with van der Waals surface area (Å²) >= 11 is 0. The third kappa shape index (κ3) is 3.40. The van der Waals surface area contributed by atoms with Crippen LogP contribution in [0, 0.1) is 0 Å². The van der Waals surface area contributed by atoms with Crippen LogP contribution in [-0.4, -0.2) is 54.4 Å². The van der Waals surface area contributed by atoms with E-state index in [1.807, 2.05) is 13.8 Å². The van der Waals surface area contributed by atoms with Crippen LogP contribution in [0.2, 0.25) is 0 Å². The SMILES string of the molecule is CC(C)N(C)S(=O)(=O)N1CCCCCC1CO. The Morgan fingerprint density at radius 1 is 1.35 bits per heavy atom. The lowest BCUT2D eigenvalue weighted by atomic mass is 10.1. The lowest BCUT2D eigenvalue weighted by molar-refractivity contribution is 0.178. The van der Waals surface area contributed by atoms with Crippen molar-refractivity contribution in [2.24, 2.45) is 0 Å². The number of hydrogen-bond acceptors (Lipinski definition) is 3. The van der Waals surface area contributed by atoms with E-state index in [4.69, 9.17) is 0 Å². The highest BCUT2D eigenvalue weighted by atomic mass is 32.2. The predicted octanol–water partition coefficient (Wildman–Crippen LogP) is 0.808. The van der Waals surface area contributed by atoms with Crippen LogP contribution in [0.4, 0.5) is 0 Å². The predicted molar refractivity (Wildman–Crippen MR) is 67.9 cm³/mol. The molecule has 0 aliphatic carbocycles. The van der Waals surface area contributed by atoms with E-state index >= 15 is 0 Å². The van der Waals surface area contributed by atoms with Gasteiger partial charge < -0.3 is 5.11 Å². The molecule has 0 bridgehead atoms. The second-order valence-electron chi connectivity index (χ2n) is 4.91. The average Bonchev–Trinajstić information content (AvgIpc) is 2.52. The van der Waals surface area contributed by atoms with E-state index in [1.165, 1.54) is 8.61 Å². The van der Waals surface area contributed by atoms with Crippen LogP contribution in [0.1, 0.15) is 39.5 Å². The fourth-order valence-electron chi connectivity index (χ4n) is 2.07. The van der Waals surface area contributed by atoms with Gasteiger partial charge in [-0.05, 0) is 26.7 Å². The van der Waals surface area contributed by atoms with Crippen LogP contribution in [0.3, 0.4) is 0 Å². The summed E-state index contributed by atoms with van der Waals surface area (Å²) in [5, 5.41) is 9.35.